The van der Waals surface area contributed by atoms with E-state index in [0.717, 1.165) is 13.1 Å². The van der Waals surface area contributed by atoms with E-state index < -0.39 is 0 Å². The summed E-state index contributed by atoms with van der Waals surface area (Å²) in [5.41, 5.74) is 8.58. The van der Waals surface area contributed by atoms with Gasteiger partial charge in [0, 0.05) is 26.2 Å². The summed E-state index contributed by atoms with van der Waals surface area (Å²) in [5, 5.41) is 0. The second-order valence-electron chi connectivity index (χ2n) is 5.36. The van der Waals surface area contributed by atoms with E-state index in [9.17, 15) is 0 Å². The highest BCUT2D eigenvalue weighted by Crippen LogP contribution is 2.24. The zero-order chi connectivity index (χ0) is 14.3. The summed E-state index contributed by atoms with van der Waals surface area (Å²) in [4.78, 5) is 2.46. The van der Waals surface area contributed by atoms with Gasteiger partial charge in [-0.2, -0.15) is 0 Å². The lowest BCUT2D eigenvalue weighted by atomic mass is 9.98. The average Bonchev–Trinajstić information content (AvgIpc) is 2.40. The number of benzene rings is 1. The van der Waals surface area contributed by atoms with Gasteiger partial charge in [-0.3, -0.25) is 4.90 Å². The van der Waals surface area contributed by atoms with Crippen molar-refractivity contribution in [3.63, 3.8) is 0 Å². The summed E-state index contributed by atoms with van der Waals surface area (Å²) < 4.78 is 5.30. The summed E-state index contributed by atoms with van der Waals surface area (Å²) in [6.07, 6.45) is 0. The van der Waals surface area contributed by atoms with E-state index in [1.807, 2.05) is 0 Å². The molecule has 0 saturated carbocycles. The molecule has 3 nitrogen and oxygen atoms in total. The van der Waals surface area contributed by atoms with Crippen LogP contribution in [-0.4, -0.2) is 31.6 Å². The predicted molar refractivity (Wildman–Crippen MR) is 81.0 cm³/mol. The molecule has 3 heteroatoms. The summed E-state index contributed by atoms with van der Waals surface area (Å²) in [5.74, 6) is 0.642. The van der Waals surface area contributed by atoms with Gasteiger partial charge in [0.25, 0.3) is 0 Å². The van der Waals surface area contributed by atoms with Gasteiger partial charge < -0.3 is 10.5 Å². The third-order valence-electron chi connectivity index (χ3n) is 3.38. The molecule has 0 saturated heterocycles. The number of rotatable bonds is 8. The predicted octanol–water partition coefficient (Wildman–Crippen LogP) is 2.81. The Hall–Kier alpha value is -0.900. The Kier molecular flexibility index (Phi) is 7.06. The fourth-order valence-corrected chi connectivity index (χ4v) is 2.56. The third kappa shape index (κ3) is 4.60. The lowest BCUT2D eigenvalue weighted by Crippen LogP contribution is -2.36. The van der Waals surface area contributed by atoms with Crippen molar-refractivity contribution in [1.29, 1.82) is 0 Å². The third-order valence-corrected chi connectivity index (χ3v) is 3.38. The van der Waals surface area contributed by atoms with E-state index in [-0.39, 0.29) is 6.04 Å². The fourth-order valence-electron chi connectivity index (χ4n) is 2.56. The Morgan fingerprint density at radius 3 is 2.47 bits per heavy atom. The molecule has 1 aromatic carbocycles. The molecule has 0 amide bonds. The van der Waals surface area contributed by atoms with Crippen molar-refractivity contribution in [2.75, 3.05) is 26.7 Å². The van der Waals surface area contributed by atoms with Crippen LogP contribution < -0.4 is 5.73 Å². The molecule has 1 aromatic rings. The topological polar surface area (TPSA) is 38.5 Å². The van der Waals surface area contributed by atoms with E-state index >= 15 is 0 Å². The van der Waals surface area contributed by atoms with Crippen LogP contribution in [0.2, 0.25) is 0 Å². The lowest BCUT2D eigenvalue weighted by Gasteiger charge is -2.32. The number of methoxy groups -OCH3 is 1. The molecular weight excluding hydrogens is 236 g/mol. The van der Waals surface area contributed by atoms with E-state index in [4.69, 9.17) is 10.5 Å². The Labute approximate surface area is 117 Å². The highest BCUT2D eigenvalue weighted by molar-refractivity contribution is 5.30. The molecule has 0 aliphatic heterocycles. The van der Waals surface area contributed by atoms with Gasteiger partial charge in [-0.1, -0.05) is 45.0 Å². The molecule has 0 aromatic heterocycles. The maximum Gasteiger partial charge on any atom is 0.0716 e. The maximum atomic E-state index is 6.04. The number of ether oxygens (including phenoxy) is 1. The van der Waals surface area contributed by atoms with Gasteiger partial charge in [0.05, 0.1) is 6.61 Å². The zero-order valence-electron chi connectivity index (χ0n) is 12.7. The molecule has 1 unspecified atom stereocenters. The van der Waals surface area contributed by atoms with Crippen molar-refractivity contribution in [1.82, 2.24) is 4.90 Å². The van der Waals surface area contributed by atoms with Crippen molar-refractivity contribution in [3.05, 3.63) is 35.4 Å². The van der Waals surface area contributed by atoms with Crippen LogP contribution in [0.4, 0.5) is 0 Å². The SMILES string of the molecule is CCN(CC(C)C)C(CN)c1ccccc1COC. The summed E-state index contributed by atoms with van der Waals surface area (Å²) >= 11 is 0. The summed E-state index contributed by atoms with van der Waals surface area (Å²) in [6, 6.07) is 8.73. The van der Waals surface area contributed by atoms with Gasteiger partial charge in [0.1, 0.15) is 0 Å². The van der Waals surface area contributed by atoms with Gasteiger partial charge in [0.2, 0.25) is 0 Å². The van der Waals surface area contributed by atoms with E-state index in [2.05, 4.69) is 49.9 Å². The average molecular weight is 264 g/mol. The molecular formula is C16H28N2O. The van der Waals surface area contributed by atoms with Crippen LogP contribution in [0, 0.1) is 5.92 Å². The number of hydrogen-bond acceptors (Lipinski definition) is 3. The van der Waals surface area contributed by atoms with Gasteiger partial charge in [0.15, 0.2) is 0 Å². The molecule has 0 aliphatic carbocycles. The van der Waals surface area contributed by atoms with Crippen LogP contribution in [-0.2, 0) is 11.3 Å². The van der Waals surface area contributed by atoms with Crippen LogP contribution in [0.15, 0.2) is 24.3 Å². The monoisotopic (exact) mass is 264 g/mol. The smallest absolute Gasteiger partial charge is 0.0716 e. The first-order valence-corrected chi connectivity index (χ1v) is 7.14. The van der Waals surface area contributed by atoms with Crippen LogP contribution in [0.5, 0.6) is 0 Å². The molecule has 108 valence electrons. The molecule has 2 N–H and O–H groups in total. The molecule has 1 rings (SSSR count). The van der Waals surface area contributed by atoms with Crippen molar-refractivity contribution in [3.8, 4) is 0 Å². The molecule has 0 spiro atoms. The number of hydrogen-bond donors (Lipinski definition) is 1. The number of nitrogens with two attached hydrogens (primary N) is 1. The Bertz CT molecular complexity index is 366. The number of likely N-dealkylation sites (N-methyl/N-ethyl adjacent to an activating group) is 1. The van der Waals surface area contributed by atoms with Crippen molar-refractivity contribution in [2.24, 2.45) is 11.7 Å². The maximum absolute atomic E-state index is 6.04. The minimum atomic E-state index is 0.277. The van der Waals surface area contributed by atoms with E-state index in [1.165, 1.54) is 11.1 Å². The second kappa shape index (κ2) is 8.31. The molecule has 0 bridgehead atoms. The minimum Gasteiger partial charge on any atom is -0.380 e. The minimum absolute atomic E-state index is 0.277. The molecule has 0 radical (unpaired) electrons. The van der Waals surface area contributed by atoms with Gasteiger partial charge >= 0.3 is 0 Å². The summed E-state index contributed by atoms with van der Waals surface area (Å²) in [7, 11) is 1.74. The first-order chi connectivity index (χ1) is 9.13. The summed E-state index contributed by atoms with van der Waals surface area (Å²) in [6.45, 7) is 10.1. The van der Waals surface area contributed by atoms with Gasteiger partial charge in [-0.25, -0.2) is 0 Å². The van der Waals surface area contributed by atoms with E-state index in [0.29, 0.717) is 19.1 Å². The molecule has 1 atom stereocenters. The van der Waals surface area contributed by atoms with Crippen LogP contribution in [0.3, 0.4) is 0 Å². The molecule has 0 fully saturated rings. The quantitative estimate of drug-likeness (QED) is 0.784. The Morgan fingerprint density at radius 1 is 1.26 bits per heavy atom. The molecule has 19 heavy (non-hydrogen) atoms. The highest BCUT2D eigenvalue weighted by atomic mass is 16.5. The molecule has 0 heterocycles. The fraction of sp³-hybridized carbons (Fsp3) is 0.625. The molecule has 0 aliphatic rings. The Morgan fingerprint density at radius 2 is 1.95 bits per heavy atom. The standard InChI is InChI=1S/C16H28N2O/c1-5-18(11-13(2)3)16(10-17)15-9-7-6-8-14(15)12-19-4/h6-9,13,16H,5,10-12,17H2,1-4H3. The van der Waals surface area contributed by atoms with Crippen LogP contribution in [0.25, 0.3) is 0 Å². The van der Waals surface area contributed by atoms with Gasteiger partial charge in [-0.05, 0) is 23.6 Å². The van der Waals surface area contributed by atoms with Gasteiger partial charge in [-0.15, -0.1) is 0 Å². The lowest BCUT2D eigenvalue weighted by molar-refractivity contribution is 0.170. The second-order valence-corrected chi connectivity index (χ2v) is 5.36. The zero-order valence-corrected chi connectivity index (χ0v) is 12.7. The normalized spacial score (nSPS) is 13.2. The van der Waals surface area contributed by atoms with Crippen molar-refractivity contribution >= 4 is 0 Å². The van der Waals surface area contributed by atoms with Crippen LogP contribution >= 0.6 is 0 Å². The van der Waals surface area contributed by atoms with Crippen LogP contribution in [0.1, 0.15) is 37.9 Å². The van der Waals surface area contributed by atoms with Crippen molar-refractivity contribution < 1.29 is 4.74 Å². The first-order valence-electron chi connectivity index (χ1n) is 7.14. The number of nitrogens with zero attached hydrogens (tertiary/aromatic N) is 1. The van der Waals surface area contributed by atoms with Crippen molar-refractivity contribution in [2.45, 2.75) is 33.4 Å². The Balaban J connectivity index is 3.00. The van der Waals surface area contributed by atoms with E-state index in [1.54, 1.807) is 7.11 Å². The largest absolute Gasteiger partial charge is 0.380 e. The highest BCUT2D eigenvalue weighted by Gasteiger charge is 2.20. The first kappa shape index (κ1) is 16.2.